The smallest absolute Gasteiger partial charge is 0.388 e. The molecule has 0 saturated carbocycles. The summed E-state index contributed by atoms with van der Waals surface area (Å²) in [4.78, 5) is 40.3. The van der Waals surface area contributed by atoms with Gasteiger partial charge in [-0.25, -0.2) is 14.3 Å². The molecule has 3 aromatic rings. The molecule has 0 fully saturated rings. The van der Waals surface area contributed by atoms with E-state index in [0.29, 0.717) is 5.56 Å². The minimum absolute atomic E-state index is 0.0869. The highest BCUT2D eigenvalue weighted by Crippen LogP contribution is 2.33. The molecule has 0 radical (unpaired) electrons. The topological polar surface area (TPSA) is 129 Å². The second-order valence-corrected chi connectivity index (χ2v) is 9.48. The number of carbonyl (C=O) groups is 3. The second kappa shape index (κ2) is 10.9. The molecule has 0 atom stereocenters. The molecule has 0 saturated heterocycles. The van der Waals surface area contributed by atoms with Crippen molar-refractivity contribution in [2.24, 2.45) is 5.73 Å². The van der Waals surface area contributed by atoms with Gasteiger partial charge in [-0.05, 0) is 50.1 Å². The number of nitrogens with zero attached hydrogens (tertiary/aromatic N) is 3. The van der Waals surface area contributed by atoms with E-state index in [1.807, 2.05) is 0 Å². The average Bonchev–Trinajstić information content (AvgIpc) is 3.25. The number of ether oxygens (including phenoxy) is 1. The van der Waals surface area contributed by atoms with Crippen LogP contribution in [0.25, 0.3) is 0 Å². The number of aromatic nitrogens is 3. The first-order valence-corrected chi connectivity index (χ1v) is 11.5. The van der Waals surface area contributed by atoms with Gasteiger partial charge >= 0.3 is 24.3 Å². The van der Waals surface area contributed by atoms with E-state index in [1.54, 1.807) is 0 Å². The Hall–Kier alpha value is -3.98. The van der Waals surface area contributed by atoms with Crippen LogP contribution >= 0.6 is 11.6 Å². The van der Waals surface area contributed by atoms with Crippen LogP contribution in [0.2, 0.25) is 5.02 Å². The molecule has 40 heavy (non-hydrogen) atoms. The minimum atomic E-state index is -5.19. The van der Waals surface area contributed by atoms with Gasteiger partial charge in [0.05, 0.1) is 22.7 Å². The van der Waals surface area contributed by atoms with Crippen molar-refractivity contribution in [1.82, 2.24) is 14.8 Å². The number of aryl methyl sites for hydroxylation is 1. The number of nitrogens with one attached hydrogen (secondary N) is 1. The zero-order chi connectivity index (χ0) is 30.2. The molecule has 1 amide bonds. The summed E-state index contributed by atoms with van der Waals surface area (Å²) >= 11 is 6.09. The molecule has 9 nitrogen and oxygen atoms in total. The SMILES string of the molecule is Cc1cc(Cn2nc(C(F)(F)F)nc2C(F)(F)F)ccc1NC(=O)c1cccc(Cl)c1C(=O)OC(=O)C(C)(C)N. The number of nitrogens with two attached hydrogens (primary N) is 1. The van der Waals surface area contributed by atoms with Gasteiger partial charge in [0.2, 0.25) is 5.82 Å². The Bertz CT molecular complexity index is 1480. The van der Waals surface area contributed by atoms with Crippen LogP contribution < -0.4 is 11.1 Å². The van der Waals surface area contributed by atoms with Gasteiger partial charge in [-0.1, -0.05) is 29.8 Å². The minimum Gasteiger partial charge on any atom is -0.388 e. The first-order chi connectivity index (χ1) is 18.3. The molecule has 3 N–H and O–H groups in total. The lowest BCUT2D eigenvalue weighted by Crippen LogP contribution is -2.43. The molecule has 16 heteroatoms. The third kappa shape index (κ3) is 6.96. The van der Waals surface area contributed by atoms with Crippen LogP contribution in [0, 0.1) is 6.92 Å². The van der Waals surface area contributed by atoms with E-state index >= 15 is 0 Å². The van der Waals surface area contributed by atoms with E-state index in [0.717, 1.165) is 0 Å². The number of benzene rings is 2. The zero-order valence-electron chi connectivity index (χ0n) is 20.9. The van der Waals surface area contributed by atoms with Gasteiger partial charge in [0, 0.05) is 5.69 Å². The predicted molar refractivity (Wildman–Crippen MR) is 128 cm³/mol. The Labute approximate surface area is 227 Å². The number of amides is 1. The quantitative estimate of drug-likeness (QED) is 0.234. The summed E-state index contributed by atoms with van der Waals surface area (Å²) in [5, 5.41) is 5.27. The van der Waals surface area contributed by atoms with Crippen LogP contribution in [-0.2, 0) is 28.4 Å². The van der Waals surface area contributed by atoms with Crippen molar-refractivity contribution in [2.45, 2.75) is 45.2 Å². The summed E-state index contributed by atoms with van der Waals surface area (Å²) in [7, 11) is 0. The highest BCUT2D eigenvalue weighted by molar-refractivity contribution is 6.35. The Morgan fingerprint density at radius 1 is 1.05 bits per heavy atom. The fourth-order valence-corrected chi connectivity index (χ4v) is 3.55. The third-order valence-corrected chi connectivity index (χ3v) is 5.54. The summed E-state index contributed by atoms with van der Waals surface area (Å²) < 4.78 is 83.3. The maximum atomic E-state index is 13.2. The molecule has 3 rings (SSSR count). The molecule has 1 heterocycles. The van der Waals surface area contributed by atoms with Gasteiger partial charge in [-0.2, -0.15) is 31.3 Å². The van der Waals surface area contributed by atoms with E-state index in [-0.39, 0.29) is 26.5 Å². The molecular weight excluding hydrogens is 572 g/mol. The van der Waals surface area contributed by atoms with Gasteiger partial charge in [-0.3, -0.25) is 4.79 Å². The summed E-state index contributed by atoms with van der Waals surface area (Å²) in [5.41, 5.74) is 4.00. The van der Waals surface area contributed by atoms with Gasteiger partial charge in [0.1, 0.15) is 5.54 Å². The Kier molecular flexibility index (Phi) is 8.32. The summed E-state index contributed by atoms with van der Waals surface area (Å²) in [6, 6.07) is 7.76. The standard InChI is InChI=1S/C24H20ClF6N5O4/c1-11-9-12(10-36-20(24(29,30)31)34-19(35-36)23(26,27)28)7-8-15(11)33-17(37)13-5-4-6-14(25)16(13)18(38)40-21(39)22(2,3)32/h4-9H,10,32H2,1-3H3,(H,33,37). The molecule has 0 spiro atoms. The van der Waals surface area contributed by atoms with Crippen LogP contribution in [0.5, 0.6) is 0 Å². The van der Waals surface area contributed by atoms with Crippen molar-refractivity contribution in [3.8, 4) is 0 Å². The molecule has 0 aliphatic carbocycles. The normalized spacial score (nSPS) is 12.3. The number of rotatable bonds is 6. The fraction of sp³-hybridized carbons (Fsp3) is 0.292. The molecule has 0 aliphatic rings. The van der Waals surface area contributed by atoms with Gasteiger partial charge in [0.15, 0.2) is 0 Å². The molecule has 214 valence electrons. The van der Waals surface area contributed by atoms with Crippen molar-refractivity contribution in [1.29, 1.82) is 0 Å². The Balaban J connectivity index is 1.86. The van der Waals surface area contributed by atoms with Crippen molar-refractivity contribution in [3.63, 3.8) is 0 Å². The van der Waals surface area contributed by atoms with Crippen LogP contribution in [0.1, 0.15) is 57.3 Å². The molecule has 0 unspecified atom stereocenters. The van der Waals surface area contributed by atoms with E-state index in [2.05, 4.69) is 15.4 Å². The number of hydrogen-bond donors (Lipinski definition) is 2. The number of halogens is 7. The van der Waals surface area contributed by atoms with E-state index < -0.39 is 59.5 Å². The fourth-order valence-electron chi connectivity index (χ4n) is 3.30. The lowest BCUT2D eigenvalue weighted by atomic mass is 10.0. The lowest BCUT2D eigenvalue weighted by molar-refractivity contribution is -0.151. The van der Waals surface area contributed by atoms with E-state index in [1.165, 1.54) is 57.2 Å². The number of esters is 2. The zero-order valence-corrected chi connectivity index (χ0v) is 21.6. The highest BCUT2D eigenvalue weighted by Gasteiger charge is 2.44. The predicted octanol–water partition coefficient (Wildman–Crippen LogP) is 5.00. The Morgan fingerprint density at radius 3 is 2.25 bits per heavy atom. The monoisotopic (exact) mass is 591 g/mol. The molecular formula is C24H20ClF6N5O4. The van der Waals surface area contributed by atoms with E-state index in [4.69, 9.17) is 22.1 Å². The summed E-state index contributed by atoms with van der Waals surface area (Å²) in [6.45, 7) is 3.37. The van der Waals surface area contributed by atoms with Crippen LogP contribution in [0.15, 0.2) is 36.4 Å². The first kappa shape index (κ1) is 30.6. The number of anilines is 1. The van der Waals surface area contributed by atoms with Gasteiger partial charge < -0.3 is 15.8 Å². The summed E-state index contributed by atoms with van der Waals surface area (Å²) in [5.74, 6) is -6.91. The van der Waals surface area contributed by atoms with Gasteiger partial charge in [-0.15, -0.1) is 5.10 Å². The Morgan fingerprint density at radius 2 is 1.70 bits per heavy atom. The largest absolute Gasteiger partial charge is 0.453 e. The van der Waals surface area contributed by atoms with Crippen LogP contribution in [-0.4, -0.2) is 38.1 Å². The van der Waals surface area contributed by atoms with Crippen molar-refractivity contribution >= 4 is 35.1 Å². The van der Waals surface area contributed by atoms with E-state index in [9.17, 15) is 40.7 Å². The molecule has 0 bridgehead atoms. The van der Waals surface area contributed by atoms with Crippen molar-refractivity contribution in [2.75, 3.05) is 5.32 Å². The second-order valence-electron chi connectivity index (χ2n) is 9.08. The number of carbonyl (C=O) groups excluding carboxylic acids is 3. The lowest BCUT2D eigenvalue weighted by Gasteiger charge is -2.17. The van der Waals surface area contributed by atoms with Crippen molar-refractivity contribution in [3.05, 3.63) is 75.3 Å². The maximum absolute atomic E-state index is 13.2. The maximum Gasteiger partial charge on any atom is 0.453 e. The van der Waals surface area contributed by atoms with Crippen LogP contribution in [0.4, 0.5) is 32.0 Å². The first-order valence-electron chi connectivity index (χ1n) is 11.1. The number of hydrogen-bond acceptors (Lipinski definition) is 7. The van der Waals surface area contributed by atoms with Crippen LogP contribution in [0.3, 0.4) is 0 Å². The van der Waals surface area contributed by atoms with Crippen molar-refractivity contribution < 1.29 is 45.5 Å². The molecule has 1 aromatic heterocycles. The molecule has 0 aliphatic heterocycles. The molecule has 2 aromatic carbocycles. The third-order valence-electron chi connectivity index (χ3n) is 5.22. The summed E-state index contributed by atoms with van der Waals surface area (Å²) in [6.07, 6.45) is -10.4. The average molecular weight is 592 g/mol. The van der Waals surface area contributed by atoms with Gasteiger partial charge in [0.25, 0.3) is 11.7 Å². The highest BCUT2D eigenvalue weighted by atomic mass is 35.5. The number of alkyl halides is 6.